The number of nitrogens with zero attached hydrogens (tertiary/aromatic N) is 3. The van der Waals surface area contributed by atoms with Gasteiger partial charge in [0.1, 0.15) is 0 Å². The monoisotopic (exact) mass is 585 g/mol. The van der Waals surface area contributed by atoms with E-state index in [-0.39, 0.29) is 5.69 Å². The average molecular weight is 586 g/mol. The number of nitro groups is 1. The van der Waals surface area contributed by atoms with Crippen molar-refractivity contribution in [2.75, 3.05) is 0 Å². The lowest BCUT2D eigenvalue weighted by Gasteiger charge is -2.15. The van der Waals surface area contributed by atoms with E-state index in [0.717, 1.165) is 49.2 Å². The highest BCUT2D eigenvalue weighted by atomic mass is 35.5. The van der Waals surface area contributed by atoms with Gasteiger partial charge < -0.3 is 4.57 Å². The Bertz CT molecular complexity index is 1850. The van der Waals surface area contributed by atoms with Crippen LogP contribution in [-0.4, -0.2) is 15.7 Å². The molecule has 0 atom stereocenters. The molecule has 5 nitrogen and oxygen atoms in total. The number of halogens is 1. The van der Waals surface area contributed by atoms with Gasteiger partial charge in [-0.2, -0.15) is 0 Å². The zero-order valence-electron chi connectivity index (χ0n) is 22.3. The Morgan fingerprint density at radius 3 is 1.88 bits per heavy atom. The number of hydrogen-bond acceptors (Lipinski definition) is 4. The number of nitro benzene ring substituents is 1. The van der Waals surface area contributed by atoms with E-state index in [4.69, 9.17) is 16.6 Å². The van der Waals surface area contributed by atoms with Gasteiger partial charge >= 0.3 is 0 Å². The van der Waals surface area contributed by atoms with Crippen LogP contribution < -0.4 is 0 Å². The molecule has 6 rings (SSSR count). The summed E-state index contributed by atoms with van der Waals surface area (Å²) in [5.74, 6) is 0. The molecule has 0 bridgehead atoms. The van der Waals surface area contributed by atoms with Crippen molar-refractivity contribution in [1.82, 2.24) is 4.57 Å². The highest BCUT2D eigenvalue weighted by molar-refractivity contribution is 7.99. The SMILES string of the molecule is O=[N+]([O-])c1ccc(Sc2ccc(N=Cc3cc(-c4ccccc4)n(-c4ccc(Cl)cc4)c3-c3ccccc3)cc2)cc1. The number of aliphatic imine (C=N–C) groups is 1. The maximum Gasteiger partial charge on any atom is 0.269 e. The summed E-state index contributed by atoms with van der Waals surface area (Å²) in [4.78, 5) is 17.3. The second-order valence-corrected chi connectivity index (χ2v) is 11.1. The molecule has 6 aromatic rings. The molecule has 0 fully saturated rings. The standard InChI is InChI=1S/C35H24ClN3O2S/c36-28-11-15-30(16-12-28)38-34(25-7-3-1-4-8-25)23-27(35(38)26-9-5-2-6-10-26)24-37-29-13-19-32(20-14-29)42-33-21-17-31(18-22-33)39(40)41/h1-24H. The van der Waals surface area contributed by atoms with Gasteiger partial charge in [-0.05, 0) is 77.9 Å². The molecule has 0 aliphatic heterocycles. The molecule has 0 unspecified atom stereocenters. The number of non-ortho nitro benzene ring substituents is 1. The first-order chi connectivity index (χ1) is 20.5. The van der Waals surface area contributed by atoms with Gasteiger partial charge in [0.2, 0.25) is 0 Å². The summed E-state index contributed by atoms with van der Waals surface area (Å²) < 4.78 is 2.26. The van der Waals surface area contributed by atoms with Crippen LogP contribution in [0.3, 0.4) is 0 Å². The van der Waals surface area contributed by atoms with E-state index in [1.807, 2.05) is 91.1 Å². The van der Waals surface area contributed by atoms with Crippen LogP contribution in [0.1, 0.15) is 5.56 Å². The van der Waals surface area contributed by atoms with Crippen molar-refractivity contribution in [3.63, 3.8) is 0 Å². The van der Waals surface area contributed by atoms with Crippen LogP contribution in [0.2, 0.25) is 5.02 Å². The first kappa shape index (κ1) is 27.3. The Morgan fingerprint density at radius 1 is 0.714 bits per heavy atom. The molecule has 7 heteroatoms. The van der Waals surface area contributed by atoms with Crippen molar-refractivity contribution in [2.45, 2.75) is 9.79 Å². The fourth-order valence-electron chi connectivity index (χ4n) is 4.72. The summed E-state index contributed by atoms with van der Waals surface area (Å²) in [6, 6.07) is 45.2. The Kier molecular flexibility index (Phi) is 7.99. The van der Waals surface area contributed by atoms with Gasteiger partial charge in [-0.1, -0.05) is 84.0 Å². The van der Waals surface area contributed by atoms with Crippen molar-refractivity contribution < 1.29 is 4.92 Å². The molecule has 0 amide bonds. The Balaban J connectivity index is 1.37. The fraction of sp³-hybridized carbons (Fsp3) is 0. The summed E-state index contributed by atoms with van der Waals surface area (Å²) in [5.41, 5.74) is 7.15. The molecule has 204 valence electrons. The lowest BCUT2D eigenvalue weighted by atomic mass is 10.1. The van der Waals surface area contributed by atoms with E-state index in [2.05, 4.69) is 34.9 Å². The van der Waals surface area contributed by atoms with Crippen LogP contribution in [0.25, 0.3) is 28.2 Å². The van der Waals surface area contributed by atoms with Crippen LogP contribution in [0, 0.1) is 10.1 Å². The van der Waals surface area contributed by atoms with Crippen molar-refractivity contribution in [2.24, 2.45) is 4.99 Å². The first-order valence-electron chi connectivity index (χ1n) is 13.2. The van der Waals surface area contributed by atoms with Gasteiger partial charge in [-0.15, -0.1) is 0 Å². The van der Waals surface area contributed by atoms with Gasteiger partial charge in [0, 0.05) is 44.4 Å². The first-order valence-corrected chi connectivity index (χ1v) is 14.4. The van der Waals surface area contributed by atoms with Gasteiger partial charge in [-0.25, -0.2) is 0 Å². The number of hydrogen-bond donors (Lipinski definition) is 0. The number of rotatable bonds is 8. The smallest absolute Gasteiger partial charge is 0.269 e. The lowest BCUT2D eigenvalue weighted by Crippen LogP contribution is -2.00. The normalized spacial score (nSPS) is 11.2. The van der Waals surface area contributed by atoms with E-state index in [1.54, 1.807) is 23.9 Å². The molecule has 0 aliphatic carbocycles. The minimum absolute atomic E-state index is 0.0826. The number of benzene rings is 5. The molecule has 0 spiro atoms. The van der Waals surface area contributed by atoms with Crippen molar-refractivity contribution in [3.8, 4) is 28.2 Å². The Morgan fingerprint density at radius 2 is 1.29 bits per heavy atom. The summed E-state index contributed by atoms with van der Waals surface area (Å²) >= 11 is 7.80. The average Bonchev–Trinajstić information content (AvgIpc) is 3.42. The van der Waals surface area contributed by atoms with E-state index >= 15 is 0 Å². The summed E-state index contributed by atoms with van der Waals surface area (Å²) in [5, 5.41) is 11.6. The van der Waals surface area contributed by atoms with Crippen LogP contribution in [0.15, 0.2) is 154 Å². The molecule has 0 saturated carbocycles. The fourth-order valence-corrected chi connectivity index (χ4v) is 5.66. The topological polar surface area (TPSA) is 60.4 Å². The molecule has 0 radical (unpaired) electrons. The second-order valence-electron chi connectivity index (χ2n) is 9.48. The van der Waals surface area contributed by atoms with Gasteiger partial charge in [0.15, 0.2) is 0 Å². The molecule has 0 N–H and O–H groups in total. The van der Waals surface area contributed by atoms with Crippen LogP contribution in [-0.2, 0) is 0 Å². The minimum atomic E-state index is -0.392. The lowest BCUT2D eigenvalue weighted by molar-refractivity contribution is -0.384. The quantitative estimate of drug-likeness (QED) is 0.101. The molecule has 0 saturated heterocycles. The Hall–Kier alpha value is -4.91. The van der Waals surface area contributed by atoms with E-state index in [0.29, 0.717) is 5.02 Å². The van der Waals surface area contributed by atoms with Gasteiger partial charge in [-0.3, -0.25) is 15.1 Å². The summed E-state index contributed by atoms with van der Waals surface area (Å²) in [6.45, 7) is 0. The summed E-state index contributed by atoms with van der Waals surface area (Å²) in [7, 11) is 0. The molecule has 0 aliphatic rings. The van der Waals surface area contributed by atoms with Crippen molar-refractivity contribution in [1.29, 1.82) is 0 Å². The number of aromatic nitrogens is 1. The third-order valence-electron chi connectivity index (χ3n) is 6.70. The van der Waals surface area contributed by atoms with Gasteiger partial charge in [0.05, 0.1) is 22.0 Å². The van der Waals surface area contributed by atoms with Gasteiger partial charge in [0.25, 0.3) is 5.69 Å². The molecule has 1 aromatic heterocycles. The maximum absolute atomic E-state index is 10.9. The molecular weight excluding hydrogens is 562 g/mol. The van der Waals surface area contributed by atoms with Crippen LogP contribution >= 0.6 is 23.4 Å². The zero-order chi connectivity index (χ0) is 28.9. The highest BCUT2D eigenvalue weighted by Gasteiger charge is 2.18. The predicted molar refractivity (Wildman–Crippen MR) is 173 cm³/mol. The third-order valence-corrected chi connectivity index (χ3v) is 7.97. The highest BCUT2D eigenvalue weighted by Crippen LogP contribution is 2.36. The predicted octanol–water partition coefficient (Wildman–Crippen LogP) is 10.3. The van der Waals surface area contributed by atoms with Crippen LogP contribution in [0.4, 0.5) is 11.4 Å². The molecule has 42 heavy (non-hydrogen) atoms. The molecular formula is C35H24ClN3O2S. The molecule has 5 aromatic carbocycles. The van der Waals surface area contributed by atoms with Crippen molar-refractivity contribution >= 4 is 41.0 Å². The largest absolute Gasteiger partial charge is 0.309 e. The zero-order valence-corrected chi connectivity index (χ0v) is 23.9. The maximum atomic E-state index is 10.9. The Labute approximate surface area is 252 Å². The second kappa shape index (κ2) is 12.3. The summed E-state index contributed by atoms with van der Waals surface area (Å²) in [6.07, 6.45) is 1.92. The molecule has 1 heterocycles. The van der Waals surface area contributed by atoms with E-state index < -0.39 is 4.92 Å². The van der Waals surface area contributed by atoms with Crippen molar-refractivity contribution in [3.05, 3.63) is 160 Å². The van der Waals surface area contributed by atoms with E-state index in [9.17, 15) is 10.1 Å². The third kappa shape index (κ3) is 6.05. The minimum Gasteiger partial charge on any atom is -0.309 e. The van der Waals surface area contributed by atoms with E-state index in [1.165, 1.54) is 12.1 Å². The van der Waals surface area contributed by atoms with Crippen LogP contribution in [0.5, 0.6) is 0 Å².